The monoisotopic (exact) mass is 186 g/mol. The Bertz CT molecular complexity index is 198. The molecule has 0 spiro atoms. The van der Waals surface area contributed by atoms with Crippen molar-refractivity contribution in [3.05, 3.63) is 0 Å². The molecule has 0 aromatic heterocycles. The molecule has 0 radical (unpaired) electrons. The fourth-order valence-electron chi connectivity index (χ4n) is 1.77. The van der Waals surface area contributed by atoms with Crippen molar-refractivity contribution in [2.24, 2.45) is 11.1 Å². The second-order valence-corrected chi connectivity index (χ2v) is 4.12. The van der Waals surface area contributed by atoms with Crippen molar-refractivity contribution in [3.8, 4) is 0 Å². The van der Waals surface area contributed by atoms with Crippen LogP contribution in [0.4, 0.5) is 0 Å². The van der Waals surface area contributed by atoms with Gasteiger partial charge in [-0.2, -0.15) is 0 Å². The molecular weight excluding hydrogens is 168 g/mol. The van der Waals surface area contributed by atoms with Gasteiger partial charge >= 0.3 is 5.97 Å². The highest BCUT2D eigenvalue weighted by molar-refractivity contribution is 5.76. The molecule has 76 valence electrons. The first-order chi connectivity index (χ1) is 6.02. The number of hydrogen-bond acceptors (Lipinski definition) is 3. The Morgan fingerprint density at radius 1 is 1.62 bits per heavy atom. The Balaban J connectivity index is 2.53. The molecule has 1 aliphatic heterocycles. The predicted octanol–water partition coefficient (Wildman–Crippen LogP) is 0.130. The number of aliphatic carboxylic acids is 1. The molecule has 1 fully saturated rings. The summed E-state index contributed by atoms with van der Waals surface area (Å²) in [6.45, 7) is 5.91. The van der Waals surface area contributed by atoms with Gasteiger partial charge in [0.05, 0.1) is 5.41 Å². The standard InChI is InChI=1S/C9H18N2O2/c1-7(2)11-5-9(6-11,3-4-10)8(12)13/h7H,3-6,10H2,1-2H3,(H,12,13). The Morgan fingerprint density at radius 3 is 2.46 bits per heavy atom. The Morgan fingerprint density at radius 2 is 2.15 bits per heavy atom. The summed E-state index contributed by atoms with van der Waals surface area (Å²) in [7, 11) is 0. The molecule has 1 aliphatic rings. The molecule has 1 saturated heterocycles. The normalized spacial score (nSPS) is 21.5. The van der Waals surface area contributed by atoms with Crippen molar-refractivity contribution in [2.75, 3.05) is 19.6 Å². The highest BCUT2D eigenvalue weighted by Gasteiger charge is 2.49. The first-order valence-electron chi connectivity index (χ1n) is 4.69. The minimum atomic E-state index is -0.699. The number of carbonyl (C=O) groups is 1. The molecule has 0 saturated carbocycles. The third-order valence-corrected chi connectivity index (χ3v) is 2.82. The Hall–Kier alpha value is -0.610. The van der Waals surface area contributed by atoms with Crippen molar-refractivity contribution in [3.63, 3.8) is 0 Å². The van der Waals surface area contributed by atoms with Crippen LogP contribution in [0.5, 0.6) is 0 Å². The number of rotatable bonds is 4. The summed E-state index contributed by atoms with van der Waals surface area (Å²) in [5.41, 5.74) is 4.85. The molecule has 4 heteroatoms. The quantitative estimate of drug-likeness (QED) is 0.655. The highest BCUT2D eigenvalue weighted by atomic mass is 16.4. The summed E-state index contributed by atoms with van der Waals surface area (Å²) in [4.78, 5) is 13.1. The Kier molecular flexibility index (Phi) is 2.93. The predicted molar refractivity (Wildman–Crippen MR) is 50.4 cm³/mol. The van der Waals surface area contributed by atoms with E-state index in [4.69, 9.17) is 10.8 Å². The molecule has 4 nitrogen and oxygen atoms in total. The van der Waals surface area contributed by atoms with E-state index in [1.165, 1.54) is 0 Å². The molecule has 0 aromatic rings. The van der Waals surface area contributed by atoms with Crippen LogP contribution < -0.4 is 5.73 Å². The SMILES string of the molecule is CC(C)N1CC(CCN)(C(=O)O)C1. The van der Waals surface area contributed by atoms with Crippen LogP contribution in [0.1, 0.15) is 20.3 Å². The van der Waals surface area contributed by atoms with E-state index in [0.717, 1.165) is 0 Å². The van der Waals surface area contributed by atoms with Gasteiger partial charge in [0.2, 0.25) is 0 Å². The minimum Gasteiger partial charge on any atom is -0.481 e. The number of nitrogens with zero attached hydrogens (tertiary/aromatic N) is 1. The summed E-state index contributed by atoms with van der Waals surface area (Å²) in [6, 6.07) is 0.435. The average Bonchev–Trinajstić information content (AvgIpc) is 1.94. The fourth-order valence-corrected chi connectivity index (χ4v) is 1.77. The molecule has 0 aliphatic carbocycles. The van der Waals surface area contributed by atoms with Crippen molar-refractivity contribution < 1.29 is 9.90 Å². The molecule has 13 heavy (non-hydrogen) atoms. The summed E-state index contributed by atoms with van der Waals surface area (Å²) in [5.74, 6) is -0.699. The van der Waals surface area contributed by atoms with Crippen molar-refractivity contribution in [2.45, 2.75) is 26.3 Å². The first-order valence-corrected chi connectivity index (χ1v) is 4.69. The largest absolute Gasteiger partial charge is 0.481 e. The van der Waals surface area contributed by atoms with E-state index in [9.17, 15) is 4.79 Å². The lowest BCUT2D eigenvalue weighted by atomic mass is 9.76. The van der Waals surface area contributed by atoms with Gasteiger partial charge in [0.1, 0.15) is 0 Å². The summed E-state index contributed by atoms with van der Waals surface area (Å²) in [6.07, 6.45) is 0.589. The third-order valence-electron chi connectivity index (χ3n) is 2.82. The highest BCUT2D eigenvalue weighted by Crippen LogP contribution is 2.35. The van der Waals surface area contributed by atoms with Crippen LogP contribution in [0.2, 0.25) is 0 Å². The van der Waals surface area contributed by atoms with E-state index >= 15 is 0 Å². The van der Waals surface area contributed by atoms with E-state index in [0.29, 0.717) is 32.1 Å². The topological polar surface area (TPSA) is 66.6 Å². The maximum Gasteiger partial charge on any atom is 0.312 e. The molecule has 1 heterocycles. The van der Waals surface area contributed by atoms with Crippen LogP contribution in [0.15, 0.2) is 0 Å². The lowest BCUT2D eigenvalue weighted by Gasteiger charge is -2.49. The van der Waals surface area contributed by atoms with Crippen molar-refractivity contribution in [1.82, 2.24) is 4.90 Å². The van der Waals surface area contributed by atoms with Crippen molar-refractivity contribution in [1.29, 1.82) is 0 Å². The third kappa shape index (κ3) is 1.84. The zero-order valence-corrected chi connectivity index (χ0v) is 8.29. The lowest BCUT2D eigenvalue weighted by molar-refractivity contribution is -0.162. The van der Waals surface area contributed by atoms with Gasteiger partial charge in [-0.15, -0.1) is 0 Å². The van der Waals surface area contributed by atoms with E-state index in [1.54, 1.807) is 0 Å². The van der Waals surface area contributed by atoms with Crippen LogP contribution in [0.25, 0.3) is 0 Å². The maximum atomic E-state index is 11.0. The van der Waals surface area contributed by atoms with E-state index in [2.05, 4.69) is 18.7 Å². The fraction of sp³-hybridized carbons (Fsp3) is 0.889. The molecule has 0 unspecified atom stereocenters. The number of likely N-dealkylation sites (tertiary alicyclic amines) is 1. The number of carboxylic acid groups (broad SMARTS) is 1. The first kappa shape index (κ1) is 10.5. The summed E-state index contributed by atoms with van der Waals surface area (Å²) in [5, 5.41) is 9.03. The van der Waals surface area contributed by atoms with Gasteiger partial charge in [-0.25, -0.2) is 0 Å². The number of hydrogen-bond donors (Lipinski definition) is 2. The van der Waals surface area contributed by atoms with Gasteiger partial charge in [0, 0.05) is 19.1 Å². The van der Waals surface area contributed by atoms with E-state index < -0.39 is 11.4 Å². The van der Waals surface area contributed by atoms with Gasteiger partial charge < -0.3 is 10.8 Å². The zero-order valence-electron chi connectivity index (χ0n) is 8.29. The Labute approximate surface area is 78.7 Å². The van der Waals surface area contributed by atoms with Crippen molar-refractivity contribution >= 4 is 5.97 Å². The molecular formula is C9H18N2O2. The van der Waals surface area contributed by atoms with Gasteiger partial charge in [-0.1, -0.05) is 0 Å². The molecule has 0 atom stereocenters. The smallest absolute Gasteiger partial charge is 0.312 e. The molecule has 0 bridgehead atoms. The van der Waals surface area contributed by atoms with Crippen LogP contribution in [-0.4, -0.2) is 41.7 Å². The van der Waals surface area contributed by atoms with Crippen LogP contribution >= 0.6 is 0 Å². The second-order valence-electron chi connectivity index (χ2n) is 4.12. The number of carboxylic acids is 1. The van der Waals surface area contributed by atoms with Gasteiger partial charge in [-0.05, 0) is 26.8 Å². The van der Waals surface area contributed by atoms with Crippen LogP contribution in [0, 0.1) is 5.41 Å². The van der Waals surface area contributed by atoms with E-state index in [1.807, 2.05) is 0 Å². The zero-order chi connectivity index (χ0) is 10.1. The molecule has 1 rings (SSSR count). The lowest BCUT2D eigenvalue weighted by Crippen LogP contribution is -2.62. The maximum absolute atomic E-state index is 11.0. The van der Waals surface area contributed by atoms with Crippen LogP contribution in [-0.2, 0) is 4.79 Å². The van der Waals surface area contributed by atoms with Gasteiger partial charge in [0.25, 0.3) is 0 Å². The minimum absolute atomic E-state index is 0.435. The van der Waals surface area contributed by atoms with Gasteiger partial charge in [0.15, 0.2) is 0 Å². The van der Waals surface area contributed by atoms with E-state index in [-0.39, 0.29) is 0 Å². The van der Waals surface area contributed by atoms with Crippen LogP contribution in [0.3, 0.4) is 0 Å². The summed E-state index contributed by atoms with van der Waals surface area (Å²) < 4.78 is 0. The molecule has 0 aromatic carbocycles. The average molecular weight is 186 g/mol. The summed E-state index contributed by atoms with van der Waals surface area (Å²) >= 11 is 0. The molecule has 0 amide bonds. The molecule has 3 N–H and O–H groups in total. The second kappa shape index (κ2) is 3.64. The van der Waals surface area contributed by atoms with Gasteiger partial charge in [-0.3, -0.25) is 9.69 Å². The number of nitrogens with two attached hydrogens (primary N) is 1.